The van der Waals surface area contributed by atoms with Crippen molar-refractivity contribution in [2.75, 3.05) is 12.0 Å². The van der Waals surface area contributed by atoms with E-state index in [-0.39, 0.29) is 11.9 Å². The van der Waals surface area contributed by atoms with E-state index in [1.54, 1.807) is 25.4 Å². The van der Waals surface area contributed by atoms with Crippen LogP contribution in [0.5, 0.6) is 5.88 Å². The molecule has 0 saturated heterocycles. The summed E-state index contributed by atoms with van der Waals surface area (Å²) in [6.45, 7) is 5.66. The Labute approximate surface area is 169 Å². The van der Waals surface area contributed by atoms with Crippen molar-refractivity contribution in [3.63, 3.8) is 0 Å². The lowest BCUT2D eigenvalue weighted by atomic mass is 9.87. The molecule has 0 amide bonds. The Morgan fingerprint density at radius 2 is 2.07 bits per heavy atom. The molecule has 0 bridgehead atoms. The maximum atomic E-state index is 11.4. The van der Waals surface area contributed by atoms with E-state index in [2.05, 4.69) is 20.0 Å². The lowest BCUT2D eigenvalue weighted by Crippen LogP contribution is -2.20. The van der Waals surface area contributed by atoms with Crippen LogP contribution in [0, 0.1) is 0 Å². The number of hydrogen-bond acceptors (Lipinski definition) is 6. The molecule has 0 fully saturated rings. The van der Waals surface area contributed by atoms with Crippen LogP contribution in [0.3, 0.4) is 0 Å². The minimum atomic E-state index is -3.08. The summed E-state index contributed by atoms with van der Waals surface area (Å²) in [5.41, 5.74) is 8.99. The van der Waals surface area contributed by atoms with E-state index in [1.165, 1.54) is 6.26 Å². The van der Waals surface area contributed by atoms with Gasteiger partial charge >= 0.3 is 0 Å². The molecule has 8 nitrogen and oxygen atoms in total. The highest BCUT2D eigenvalue weighted by Crippen LogP contribution is 2.38. The number of fused-ring (bicyclic) bond motifs is 1. The van der Waals surface area contributed by atoms with Crippen molar-refractivity contribution in [1.82, 2.24) is 9.97 Å². The summed E-state index contributed by atoms with van der Waals surface area (Å²) in [7, 11) is -3.08. The van der Waals surface area contributed by atoms with Gasteiger partial charge in [-0.1, -0.05) is 30.1 Å². The molecule has 2 atom stereocenters. The lowest BCUT2D eigenvalue weighted by molar-refractivity contribution is 0.212. The van der Waals surface area contributed by atoms with E-state index in [9.17, 15) is 8.42 Å². The van der Waals surface area contributed by atoms with Gasteiger partial charge in [0.25, 0.3) is 0 Å². The quantitative estimate of drug-likeness (QED) is 0.247. The third-order valence-corrected chi connectivity index (χ3v) is 5.68. The van der Waals surface area contributed by atoms with Gasteiger partial charge in [0.05, 0.1) is 22.8 Å². The molecule has 0 aliphatic carbocycles. The number of aromatic nitrogens is 2. The zero-order chi connectivity index (χ0) is 20.9. The number of pyridine rings is 2. The zero-order valence-electron chi connectivity index (χ0n) is 16.4. The van der Waals surface area contributed by atoms with Crippen molar-refractivity contribution < 1.29 is 13.2 Å². The smallest absolute Gasteiger partial charge is 0.223 e. The number of rotatable bonds is 9. The molecule has 0 unspecified atom stereocenters. The number of sulfone groups is 1. The lowest BCUT2D eigenvalue weighted by Gasteiger charge is -2.26. The molecule has 0 aromatic carbocycles. The molecule has 2 aromatic rings. The number of azide groups is 1. The Balaban J connectivity index is 2.51. The molecule has 28 heavy (non-hydrogen) atoms. The predicted molar refractivity (Wildman–Crippen MR) is 110 cm³/mol. The summed E-state index contributed by atoms with van der Waals surface area (Å²) in [5, 5.41) is 5.68. The molecule has 10 heteroatoms. The number of nitrogens with zero attached hydrogens (tertiary/aromatic N) is 5. The van der Waals surface area contributed by atoms with Crippen molar-refractivity contribution in [3.8, 4) is 5.88 Å². The highest BCUT2D eigenvalue weighted by Gasteiger charge is 2.28. The minimum Gasteiger partial charge on any atom is -0.474 e. The second-order valence-corrected chi connectivity index (χ2v) is 9.74. The molecule has 0 aliphatic heterocycles. The van der Waals surface area contributed by atoms with E-state index in [1.807, 2.05) is 13.8 Å². The first-order valence-electron chi connectivity index (χ1n) is 8.95. The summed E-state index contributed by atoms with van der Waals surface area (Å²) in [6.07, 6.45) is 5.83. The first kappa shape index (κ1) is 22.2. The van der Waals surface area contributed by atoms with Gasteiger partial charge in [-0.25, -0.2) is 18.4 Å². The standard InChI is InChI=1S/C18H24ClN5O3S/c1-5-7-18(3,23-24-20)15-11-22-17(14-10-21-16(19)9-13(14)15)27-12(2)6-8-28(4,25)26/h9-12H,5-8H2,1-4H3/t12-,18-/m1/s1. The Kier molecular flexibility index (Phi) is 7.09. The Bertz CT molecular complexity index is 1010. The predicted octanol–water partition coefficient (Wildman–Crippen LogP) is 4.81. The second-order valence-electron chi connectivity index (χ2n) is 7.09. The van der Waals surface area contributed by atoms with Crippen molar-refractivity contribution in [2.24, 2.45) is 5.11 Å². The van der Waals surface area contributed by atoms with E-state index >= 15 is 0 Å². The van der Waals surface area contributed by atoms with Crippen LogP contribution in [0.4, 0.5) is 0 Å². The Hall–Kier alpha value is -2.09. The maximum Gasteiger partial charge on any atom is 0.223 e. The van der Waals surface area contributed by atoms with Crippen LogP contribution in [-0.4, -0.2) is 36.5 Å². The number of halogens is 1. The third kappa shape index (κ3) is 5.47. The van der Waals surface area contributed by atoms with Crippen LogP contribution in [0.1, 0.15) is 45.6 Å². The van der Waals surface area contributed by atoms with Crippen molar-refractivity contribution in [1.29, 1.82) is 0 Å². The fourth-order valence-electron chi connectivity index (χ4n) is 3.06. The van der Waals surface area contributed by atoms with Crippen molar-refractivity contribution in [2.45, 2.75) is 51.7 Å². The van der Waals surface area contributed by atoms with Crippen molar-refractivity contribution in [3.05, 3.63) is 39.6 Å². The summed E-state index contributed by atoms with van der Waals surface area (Å²) in [5.74, 6) is 0.364. The molecule has 0 aliphatic rings. The first-order chi connectivity index (χ1) is 13.1. The van der Waals surface area contributed by atoms with Crippen LogP contribution < -0.4 is 4.74 Å². The maximum absolute atomic E-state index is 11.4. The highest BCUT2D eigenvalue weighted by molar-refractivity contribution is 7.90. The number of hydrogen-bond donors (Lipinski definition) is 0. The van der Waals surface area contributed by atoms with Gasteiger partial charge in [0, 0.05) is 23.6 Å². The zero-order valence-corrected chi connectivity index (χ0v) is 18.0. The molecular formula is C18H24ClN5O3S. The van der Waals surface area contributed by atoms with Gasteiger partial charge in [-0.15, -0.1) is 0 Å². The van der Waals surface area contributed by atoms with Gasteiger partial charge in [0.1, 0.15) is 15.0 Å². The van der Waals surface area contributed by atoms with Crippen LogP contribution in [0.2, 0.25) is 5.15 Å². The van der Waals surface area contributed by atoms with Gasteiger partial charge in [-0.05, 0) is 49.2 Å². The molecule has 0 spiro atoms. The summed E-state index contributed by atoms with van der Waals surface area (Å²) >= 11 is 6.11. The average molecular weight is 426 g/mol. The van der Waals surface area contributed by atoms with Gasteiger partial charge < -0.3 is 4.74 Å². The molecule has 0 N–H and O–H groups in total. The van der Waals surface area contributed by atoms with Crippen LogP contribution in [0.15, 0.2) is 23.6 Å². The molecule has 2 heterocycles. The number of ether oxygens (including phenoxy) is 1. The molecule has 2 aromatic heterocycles. The van der Waals surface area contributed by atoms with Crippen molar-refractivity contribution >= 4 is 32.2 Å². The first-order valence-corrected chi connectivity index (χ1v) is 11.4. The normalized spacial score (nSPS) is 14.9. The highest BCUT2D eigenvalue weighted by atomic mass is 35.5. The molecule has 0 saturated carbocycles. The van der Waals surface area contributed by atoms with Gasteiger partial charge in [0.2, 0.25) is 5.88 Å². The van der Waals surface area contributed by atoms with Crippen LogP contribution in [-0.2, 0) is 15.4 Å². The average Bonchev–Trinajstić information content (AvgIpc) is 2.59. The van der Waals surface area contributed by atoms with E-state index in [0.717, 1.165) is 17.4 Å². The van der Waals surface area contributed by atoms with E-state index < -0.39 is 15.4 Å². The molecular weight excluding hydrogens is 402 g/mol. The van der Waals surface area contributed by atoms with Gasteiger partial charge in [-0.3, -0.25) is 0 Å². The summed E-state index contributed by atoms with van der Waals surface area (Å²) in [4.78, 5) is 11.5. The third-order valence-electron chi connectivity index (χ3n) is 4.49. The SMILES string of the molecule is CCC[C@@](C)(N=[N+]=[N-])c1cnc(O[C@H](C)CCS(C)(=O)=O)c2cnc(Cl)cc12. The molecule has 152 valence electrons. The van der Waals surface area contributed by atoms with E-state index in [0.29, 0.717) is 29.3 Å². The molecule has 0 radical (unpaired) electrons. The Morgan fingerprint density at radius 1 is 1.36 bits per heavy atom. The fraction of sp³-hybridized carbons (Fsp3) is 0.556. The van der Waals surface area contributed by atoms with E-state index in [4.69, 9.17) is 21.9 Å². The summed E-state index contributed by atoms with van der Waals surface area (Å²) in [6, 6.07) is 1.70. The minimum absolute atomic E-state index is 0.0275. The van der Waals surface area contributed by atoms with Gasteiger partial charge in [0.15, 0.2) is 0 Å². The largest absolute Gasteiger partial charge is 0.474 e. The second kappa shape index (κ2) is 8.94. The Morgan fingerprint density at radius 3 is 2.68 bits per heavy atom. The summed E-state index contributed by atoms with van der Waals surface area (Å²) < 4.78 is 28.6. The molecule has 2 rings (SSSR count). The van der Waals surface area contributed by atoms with Crippen LogP contribution >= 0.6 is 11.6 Å². The van der Waals surface area contributed by atoms with Gasteiger partial charge in [-0.2, -0.15) is 0 Å². The fourth-order valence-corrected chi connectivity index (χ4v) is 3.98. The van der Waals surface area contributed by atoms with Crippen LogP contribution in [0.25, 0.3) is 21.2 Å². The topological polar surface area (TPSA) is 118 Å². The monoisotopic (exact) mass is 425 g/mol.